The minimum atomic E-state index is -3.59. The molecule has 0 amide bonds. The van der Waals surface area contributed by atoms with Crippen molar-refractivity contribution in [1.82, 2.24) is 5.16 Å². The van der Waals surface area contributed by atoms with E-state index in [4.69, 9.17) is 4.52 Å². The molecule has 0 aliphatic heterocycles. The van der Waals surface area contributed by atoms with Crippen molar-refractivity contribution in [2.24, 2.45) is 0 Å². The van der Waals surface area contributed by atoms with Gasteiger partial charge in [-0.15, -0.1) is 0 Å². The molecular formula is C18H18N2O3S. The molecule has 2 aromatic carbocycles. The molecule has 3 aromatic rings. The molecule has 24 heavy (non-hydrogen) atoms. The van der Waals surface area contributed by atoms with Crippen molar-refractivity contribution >= 4 is 15.9 Å². The van der Waals surface area contributed by atoms with Gasteiger partial charge in [0.2, 0.25) is 15.9 Å². The molecule has 0 atom stereocenters. The molecule has 124 valence electrons. The Balaban J connectivity index is 1.82. The first-order valence-electron chi connectivity index (χ1n) is 7.51. The van der Waals surface area contributed by atoms with Crippen LogP contribution >= 0.6 is 0 Å². The van der Waals surface area contributed by atoms with Crippen LogP contribution in [0.3, 0.4) is 0 Å². The van der Waals surface area contributed by atoms with Gasteiger partial charge in [-0.05, 0) is 25.0 Å². The average molecular weight is 342 g/mol. The summed E-state index contributed by atoms with van der Waals surface area (Å²) >= 11 is 0. The first-order valence-corrected chi connectivity index (χ1v) is 9.16. The van der Waals surface area contributed by atoms with Gasteiger partial charge in [-0.3, -0.25) is 4.72 Å². The molecule has 0 bridgehead atoms. The standard InChI is InChI=1S/C18H18N2O3S/c1-13-3-7-15(8-4-13)12-24(21,22)20-18-17(11-19-23-18)16-9-5-14(2)6-10-16/h3-11,20H,12H2,1-2H3. The molecule has 0 aliphatic carbocycles. The predicted octanol–water partition coefficient (Wildman–Crippen LogP) is 3.90. The van der Waals surface area contributed by atoms with Crippen molar-refractivity contribution in [2.75, 3.05) is 4.72 Å². The number of aryl methyl sites for hydroxylation is 2. The highest BCUT2D eigenvalue weighted by atomic mass is 32.2. The van der Waals surface area contributed by atoms with Gasteiger partial charge < -0.3 is 4.52 Å². The fourth-order valence-corrected chi connectivity index (χ4v) is 3.47. The molecule has 1 aromatic heterocycles. The van der Waals surface area contributed by atoms with Crippen molar-refractivity contribution in [3.05, 3.63) is 71.4 Å². The van der Waals surface area contributed by atoms with Gasteiger partial charge in [0, 0.05) is 0 Å². The second-order valence-corrected chi connectivity index (χ2v) is 7.50. The quantitative estimate of drug-likeness (QED) is 0.763. The van der Waals surface area contributed by atoms with E-state index in [9.17, 15) is 8.42 Å². The first-order chi connectivity index (χ1) is 11.4. The maximum absolute atomic E-state index is 12.4. The summed E-state index contributed by atoms with van der Waals surface area (Å²) in [4.78, 5) is 0. The molecule has 6 heteroatoms. The number of sulfonamides is 1. The van der Waals surface area contributed by atoms with E-state index in [0.717, 1.165) is 16.7 Å². The monoisotopic (exact) mass is 342 g/mol. The highest BCUT2D eigenvalue weighted by molar-refractivity contribution is 7.91. The van der Waals surface area contributed by atoms with Crippen molar-refractivity contribution in [3.8, 4) is 11.1 Å². The molecule has 0 spiro atoms. The fourth-order valence-electron chi connectivity index (χ4n) is 2.33. The number of aromatic nitrogens is 1. The number of hydrogen-bond donors (Lipinski definition) is 1. The van der Waals surface area contributed by atoms with Gasteiger partial charge in [-0.2, -0.15) is 0 Å². The second kappa shape index (κ2) is 6.49. The summed E-state index contributed by atoms with van der Waals surface area (Å²) in [6.45, 7) is 3.95. The molecule has 0 unspecified atom stereocenters. The fraction of sp³-hybridized carbons (Fsp3) is 0.167. The van der Waals surface area contributed by atoms with Crippen LogP contribution in [0.1, 0.15) is 16.7 Å². The molecule has 5 nitrogen and oxygen atoms in total. The van der Waals surface area contributed by atoms with Crippen molar-refractivity contribution < 1.29 is 12.9 Å². The second-order valence-electron chi connectivity index (χ2n) is 5.78. The van der Waals surface area contributed by atoms with Crippen LogP contribution in [0.25, 0.3) is 11.1 Å². The lowest BCUT2D eigenvalue weighted by Crippen LogP contribution is -2.15. The summed E-state index contributed by atoms with van der Waals surface area (Å²) in [7, 11) is -3.59. The largest absolute Gasteiger partial charge is 0.337 e. The van der Waals surface area contributed by atoms with E-state index >= 15 is 0 Å². The van der Waals surface area contributed by atoms with Crippen LogP contribution < -0.4 is 4.72 Å². The van der Waals surface area contributed by atoms with Crippen molar-refractivity contribution in [1.29, 1.82) is 0 Å². The van der Waals surface area contributed by atoms with Crippen LogP contribution in [0.5, 0.6) is 0 Å². The number of benzene rings is 2. The number of hydrogen-bond acceptors (Lipinski definition) is 4. The topological polar surface area (TPSA) is 72.2 Å². The van der Waals surface area contributed by atoms with E-state index in [1.165, 1.54) is 6.20 Å². The van der Waals surface area contributed by atoms with E-state index < -0.39 is 10.0 Å². The zero-order valence-electron chi connectivity index (χ0n) is 13.5. The summed E-state index contributed by atoms with van der Waals surface area (Å²) in [6.07, 6.45) is 1.51. The van der Waals surface area contributed by atoms with E-state index in [0.29, 0.717) is 11.1 Å². The molecule has 0 saturated carbocycles. The molecule has 0 fully saturated rings. The van der Waals surface area contributed by atoms with E-state index in [-0.39, 0.29) is 11.6 Å². The zero-order valence-corrected chi connectivity index (χ0v) is 14.3. The van der Waals surface area contributed by atoms with Crippen LogP contribution in [0.4, 0.5) is 5.88 Å². The van der Waals surface area contributed by atoms with Gasteiger partial charge in [-0.1, -0.05) is 64.8 Å². The molecule has 1 heterocycles. The van der Waals surface area contributed by atoms with Gasteiger partial charge >= 0.3 is 0 Å². The lowest BCUT2D eigenvalue weighted by molar-refractivity contribution is 0.435. The average Bonchev–Trinajstić information content (AvgIpc) is 2.97. The smallest absolute Gasteiger partial charge is 0.245 e. The maximum Gasteiger partial charge on any atom is 0.245 e. The SMILES string of the molecule is Cc1ccc(CS(=O)(=O)Nc2oncc2-c2ccc(C)cc2)cc1. The lowest BCUT2D eigenvalue weighted by Gasteiger charge is -2.07. The van der Waals surface area contributed by atoms with Gasteiger partial charge in [0.25, 0.3) is 0 Å². The predicted molar refractivity (Wildman–Crippen MR) is 94.1 cm³/mol. The minimum absolute atomic E-state index is 0.124. The van der Waals surface area contributed by atoms with Gasteiger partial charge in [0.15, 0.2) is 0 Å². The first kappa shape index (κ1) is 16.3. The Bertz CT molecular complexity index is 927. The summed E-state index contributed by atoms with van der Waals surface area (Å²) < 4.78 is 32.4. The third kappa shape index (κ3) is 3.83. The number of nitrogens with zero attached hydrogens (tertiary/aromatic N) is 1. The Hall–Kier alpha value is -2.60. The number of anilines is 1. The zero-order chi connectivity index (χ0) is 17.2. The van der Waals surface area contributed by atoms with Gasteiger partial charge in [0.05, 0.1) is 17.5 Å². The maximum atomic E-state index is 12.4. The molecule has 1 N–H and O–H groups in total. The molecular weight excluding hydrogens is 324 g/mol. The van der Waals surface area contributed by atoms with Gasteiger partial charge in [-0.25, -0.2) is 8.42 Å². The third-order valence-corrected chi connectivity index (χ3v) is 4.87. The summed E-state index contributed by atoms with van der Waals surface area (Å²) in [6, 6.07) is 15.1. The molecule has 0 radical (unpaired) electrons. The lowest BCUT2D eigenvalue weighted by atomic mass is 10.1. The van der Waals surface area contributed by atoms with Crippen LogP contribution in [0.15, 0.2) is 59.3 Å². The minimum Gasteiger partial charge on any atom is -0.337 e. The number of nitrogens with one attached hydrogen (secondary N) is 1. The van der Waals surface area contributed by atoms with E-state index in [1.807, 2.05) is 50.2 Å². The molecule has 3 rings (SSSR count). The molecule has 0 aliphatic rings. The van der Waals surface area contributed by atoms with E-state index in [1.54, 1.807) is 12.1 Å². The highest BCUT2D eigenvalue weighted by Crippen LogP contribution is 2.29. The summed E-state index contributed by atoms with van der Waals surface area (Å²) in [5, 5.41) is 3.72. The summed E-state index contributed by atoms with van der Waals surface area (Å²) in [5.41, 5.74) is 4.37. The Morgan fingerprint density at radius 2 is 1.54 bits per heavy atom. The highest BCUT2D eigenvalue weighted by Gasteiger charge is 2.18. The third-order valence-electron chi connectivity index (χ3n) is 3.66. The van der Waals surface area contributed by atoms with Crippen LogP contribution in [0, 0.1) is 13.8 Å². The van der Waals surface area contributed by atoms with Gasteiger partial charge in [0.1, 0.15) is 0 Å². The van der Waals surface area contributed by atoms with E-state index in [2.05, 4.69) is 9.88 Å². The van der Waals surface area contributed by atoms with Crippen LogP contribution in [-0.2, 0) is 15.8 Å². The Labute approximate surface area is 141 Å². The summed E-state index contributed by atoms with van der Waals surface area (Å²) in [5.74, 6) is 0.00683. The number of rotatable bonds is 5. The van der Waals surface area contributed by atoms with Crippen LogP contribution in [-0.4, -0.2) is 13.6 Å². The molecule has 0 saturated heterocycles. The van der Waals surface area contributed by atoms with Crippen LogP contribution in [0.2, 0.25) is 0 Å². The Kier molecular flexibility index (Phi) is 4.40. The Morgan fingerprint density at radius 3 is 2.17 bits per heavy atom. The normalized spacial score (nSPS) is 11.4. The van der Waals surface area contributed by atoms with Crippen molar-refractivity contribution in [2.45, 2.75) is 19.6 Å². The van der Waals surface area contributed by atoms with Crippen molar-refractivity contribution in [3.63, 3.8) is 0 Å². The Morgan fingerprint density at radius 1 is 0.958 bits per heavy atom.